The molecular formula is C17H13BrF2N2O2S. The molecule has 1 heterocycles. The third-order valence-corrected chi connectivity index (χ3v) is 5.63. The molecule has 0 amide bonds. The fourth-order valence-corrected chi connectivity index (χ4v) is 3.96. The van der Waals surface area contributed by atoms with Gasteiger partial charge >= 0.3 is 0 Å². The van der Waals surface area contributed by atoms with Gasteiger partial charge in [-0.25, -0.2) is 17.2 Å². The van der Waals surface area contributed by atoms with Crippen LogP contribution in [0.25, 0.3) is 0 Å². The maximum Gasteiger partial charge on any atom is 0.263 e. The summed E-state index contributed by atoms with van der Waals surface area (Å²) in [5, 5.41) is 0. The average Bonchev–Trinajstić information content (AvgIpc) is 3.02. The highest BCUT2D eigenvalue weighted by molar-refractivity contribution is 9.10. The van der Waals surface area contributed by atoms with Crippen molar-refractivity contribution >= 4 is 31.6 Å². The number of aromatic amines is 1. The van der Waals surface area contributed by atoms with Crippen molar-refractivity contribution in [1.29, 1.82) is 0 Å². The Balaban J connectivity index is 1.91. The lowest BCUT2D eigenvalue weighted by Gasteiger charge is -2.10. The zero-order chi connectivity index (χ0) is 18.0. The molecule has 0 saturated heterocycles. The molecule has 4 nitrogen and oxygen atoms in total. The number of H-pyrrole nitrogens is 1. The van der Waals surface area contributed by atoms with Crippen LogP contribution in [-0.4, -0.2) is 13.4 Å². The lowest BCUT2D eigenvalue weighted by molar-refractivity contribution is 0.591. The summed E-state index contributed by atoms with van der Waals surface area (Å²) >= 11 is 2.85. The highest BCUT2D eigenvalue weighted by Crippen LogP contribution is 2.27. The van der Waals surface area contributed by atoms with Crippen molar-refractivity contribution in [3.05, 3.63) is 82.1 Å². The quantitative estimate of drug-likeness (QED) is 0.592. The van der Waals surface area contributed by atoms with Crippen molar-refractivity contribution in [2.45, 2.75) is 11.3 Å². The van der Waals surface area contributed by atoms with E-state index in [1.165, 1.54) is 6.20 Å². The average molecular weight is 427 g/mol. The summed E-state index contributed by atoms with van der Waals surface area (Å²) in [7, 11) is -4.08. The molecule has 0 aliphatic heterocycles. The minimum Gasteiger partial charge on any atom is -0.366 e. The Morgan fingerprint density at radius 2 is 1.76 bits per heavy atom. The highest BCUT2D eigenvalue weighted by atomic mass is 79.9. The predicted molar refractivity (Wildman–Crippen MR) is 94.9 cm³/mol. The third-order valence-electron chi connectivity index (χ3n) is 3.57. The smallest absolute Gasteiger partial charge is 0.263 e. The first kappa shape index (κ1) is 17.6. The van der Waals surface area contributed by atoms with Crippen molar-refractivity contribution < 1.29 is 17.2 Å². The fraction of sp³-hybridized carbons (Fsp3) is 0.0588. The molecule has 1 aromatic heterocycles. The number of halogens is 3. The normalized spacial score (nSPS) is 11.5. The van der Waals surface area contributed by atoms with Crippen LogP contribution in [0.2, 0.25) is 0 Å². The summed E-state index contributed by atoms with van der Waals surface area (Å²) in [6.07, 6.45) is 3.27. The molecular weight excluding hydrogens is 414 g/mol. The zero-order valence-corrected chi connectivity index (χ0v) is 15.2. The number of aromatic nitrogens is 1. The maximum absolute atomic E-state index is 13.9. The molecule has 3 rings (SSSR count). The van der Waals surface area contributed by atoms with Crippen LogP contribution in [0.4, 0.5) is 14.5 Å². The Kier molecular flexibility index (Phi) is 4.91. The molecule has 8 heteroatoms. The molecule has 0 spiro atoms. The van der Waals surface area contributed by atoms with E-state index in [1.807, 2.05) is 30.3 Å². The molecule has 2 N–H and O–H groups in total. The van der Waals surface area contributed by atoms with Crippen LogP contribution in [-0.2, 0) is 16.4 Å². The molecule has 0 aliphatic carbocycles. The van der Waals surface area contributed by atoms with Gasteiger partial charge in [0.1, 0.15) is 16.5 Å². The second kappa shape index (κ2) is 6.97. The Hall–Kier alpha value is -2.19. The van der Waals surface area contributed by atoms with E-state index in [2.05, 4.69) is 25.6 Å². The van der Waals surface area contributed by atoms with Crippen molar-refractivity contribution in [1.82, 2.24) is 4.98 Å². The van der Waals surface area contributed by atoms with Gasteiger partial charge in [-0.1, -0.05) is 30.3 Å². The summed E-state index contributed by atoms with van der Waals surface area (Å²) < 4.78 is 54.7. The summed E-state index contributed by atoms with van der Waals surface area (Å²) in [4.78, 5) is 2.74. The first-order valence-corrected chi connectivity index (χ1v) is 9.51. The predicted octanol–water partition coefficient (Wildman–Crippen LogP) is 4.45. The van der Waals surface area contributed by atoms with Gasteiger partial charge in [0.2, 0.25) is 0 Å². The largest absolute Gasteiger partial charge is 0.366 e. The molecule has 0 unspecified atom stereocenters. The number of rotatable bonds is 5. The fourth-order valence-electron chi connectivity index (χ4n) is 2.39. The zero-order valence-electron chi connectivity index (χ0n) is 12.8. The number of sulfonamides is 1. The Labute approximate surface area is 152 Å². The third kappa shape index (κ3) is 3.91. The summed E-state index contributed by atoms with van der Waals surface area (Å²) in [6, 6.07) is 11.0. The van der Waals surface area contributed by atoms with E-state index in [1.54, 1.807) is 6.20 Å². The maximum atomic E-state index is 13.9. The highest BCUT2D eigenvalue weighted by Gasteiger charge is 2.22. The lowest BCUT2D eigenvalue weighted by atomic mass is 10.1. The van der Waals surface area contributed by atoms with Crippen molar-refractivity contribution in [2.24, 2.45) is 0 Å². The van der Waals surface area contributed by atoms with Gasteiger partial charge in [0.15, 0.2) is 0 Å². The van der Waals surface area contributed by atoms with E-state index < -0.39 is 27.3 Å². The molecule has 25 heavy (non-hydrogen) atoms. The van der Waals surface area contributed by atoms with Crippen LogP contribution < -0.4 is 4.72 Å². The Bertz CT molecular complexity index is 1000. The monoisotopic (exact) mass is 426 g/mol. The van der Waals surface area contributed by atoms with Gasteiger partial charge in [-0.3, -0.25) is 4.72 Å². The second-order valence-corrected chi connectivity index (χ2v) is 7.86. The van der Waals surface area contributed by atoms with E-state index in [-0.39, 0.29) is 9.37 Å². The summed E-state index contributed by atoms with van der Waals surface area (Å²) in [5.41, 5.74) is 1.00. The van der Waals surface area contributed by atoms with Crippen LogP contribution in [0.1, 0.15) is 11.1 Å². The van der Waals surface area contributed by atoms with Gasteiger partial charge in [-0.15, -0.1) is 0 Å². The molecule has 0 fully saturated rings. The Morgan fingerprint density at radius 1 is 1.04 bits per heavy atom. The van der Waals surface area contributed by atoms with E-state index in [4.69, 9.17) is 0 Å². The Morgan fingerprint density at radius 3 is 2.48 bits per heavy atom. The molecule has 0 aliphatic rings. The SMILES string of the molecule is O=S(=O)(Nc1cc(F)c(Br)cc1F)c1c[nH]cc1Cc1ccccc1. The molecule has 0 radical (unpaired) electrons. The molecule has 0 bridgehead atoms. The van der Waals surface area contributed by atoms with E-state index in [9.17, 15) is 17.2 Å². The molecule has 2 aromatic carbocycles. The number of hydrogen-bond acceptors (Lipinski definition) is 2. The number of hydrogen-bond donors (Lipinski definition) is 2. The van der Waals surface area contributed by atoms with Crippen molar-refractivity contribution in [3.63, 3.8) is 0 Å². The van der Waals surface area contributed by atoms with Crippen molar-refractivity contribution in [3.8, 4) is 0 Å². The van der Waals surface area contributed by atoms with Crippen LogP contribution in [0.3, 0.4) is 0 Å². The summed E-state index contributed by atoms with van der Waals surface area (Å²) in [6.45, 7) is 0. The van der Waals surface area contributed by atoms with E-state index in [0.717, 1.165) is 17.7 Å². The minimum atomic E-state index is -4.08. The second-order valence-electron chi connectivity index (χ2n) is 5.36. The van der Waals surface area contributed by atoms with Gasteiger partial charge in [0.05, 0.1) is 10.2 Å². The first-order valence-electron chi connectivity index (χ1n) is 7.24. The minimum absolute atomic E-state index is 0.0147. The van der Waals surface area contributed by atoms with E-state index >= 15 is 0 Å². The number of anilines is 1. The van der Waals surface area contributed by atoms with Gasteiger partial charge in [0.25, 0.3) is 10.0 Å². The number of nitrogens with one attached hydrogen (secondary N) is 2. The van der Waals surface area contributed by atoms with Crippen LogP contribution in [0.15, 0.2) is 64.2 Å². The van der Waals surface area contributed by atoms with Crippen molar-refractivity contribution in [2.75, 3.05) is 4.72 Å². The molecule has 0 atom stereocenters. The first-order chi connectivity index (χ1) is 11.9. The van der Waals surface area contributed by atoms with Gasteiger partial charge < -0.3 is 4.98 Å². The summed E-state index contributed by atoms with van der Waals surface area (Å²) in [5.74, 6) is -1.64. The molecule has 3 aromatic rings. The lowest BCUT2D eigenvalue weighted by Crippen LogP contribution is -2.15. The van der Waals surface area contributed by atoms with Crippen LogP contribution >= 0.6 is 15.9 Å². The molecule has 130 valence electrons. The van der Waals surface area contributed by atoms with Gasteiger partial charge in [-0.05, 0) is 33.1 Å². The van der Waals surface area contributed by atoms with E-state index in [0.29, 0.717) is 12.0 Å². The standard InChI is InChI=1S/C17H13BrF2N2O2S/c18-13-7-15(20)16(8-14(13)19)22-25(23,24)17-10-21-9-12(17)6-11-4-2-1-3-5-11/h1-5,7-10,21-22H,6H2. The van der Waals surface area contributed by atoms with Gasteiger partial charge in [0, 0.05) is 24.9 Å². The van der Waals surface area contributed by atoms with Crippen LogP contribution in [0.5, 0.6) is 0 Å². The van der Waals surface area contributed by atoms with Gasteiger partial charge in [-0.2, -0.15) is 0 Å². The molecule has 0 saturated carbocycles. The number of benzene rings is 2. The van der Waals surface area contributed by atoms with Crippen LogP contribution in [0, 0.1) is 11.6 Å². The topological polar surface area (TPSA) is 62.0 Å².